The predicted octanol–water partition coefficient (Wildman–Crippen LogP) is 3.36. The standard InChI is InChI=1S/C14H18N2/c1-5-13-6-7-16(15-13)14-11(3)8-10(2)9-12(14)4/h6-9H,5H2,1-4H3. The van der Waals surface area contributed by atoms with Gasteiger partial charge in [-0.2, -0.15) is 5.10 Å². The average molecular weight is 214 g/mol. The molecule has 0 radical (unpaired) electrons. The third-order valence-electron chi connectivity index (χ3n) is 2.87. The molecule has 0 atom stereocenters. The molecule has 0 saturated carbocycles. The summed E-state index contributed by atoms with van der Waals surface area (Å²) in [4.78, 5) is 0. The summed E-state index contributed by atoms with van der Waals surface area (Å²) >= 11 is 0. The molecule has 0 fully saturated rings. The molecule has 0 aliphatic carbocycles. The molecule has 0 amide bonds. The minimum atomic E-state index is 0.983. The number of hydrogen-bond donors (Lipinski definition) is 0. The number of hydrogen-bond acceptors (Lipinski definition) is 1. The van der Waals surface area contributed by atoms with Crippen LogP contribution in [0.5, 0.6) is 0 Å². The lowest BCUT2D eigenvalue weighted by molar-refractivity contribution is 0.829. The molecule has 2 aromatic rings. The van der Waals surface area contributed by atoms with E-state index in [1.165, 1.54) is 22.4 Å². The molecule has 16 heavy (non-hydrogen) atoms. The lowest BCUT2D eigenvalue weighted by atomic mass is 10.1. The first-order chi connectivity index (χ1) is 7.61. The smallest absolute Gasteiger partial charge is 0.0704 e. The van der Waals surface area contributed by atoms with Crippen LogP contribution >= 0.6 is 0 Å². The second-order valence-electron chi connectivity index (χ2n) is 4.35. The number of nitrogens with zero attached hydrogens (tertiary/aromatic N) is 2. The van der Waals surface area contributed by atoms with Gasteiger partial charge in [-0.1, -0.05) is 24.6 Å². The fourth-order valence-corrected chi connectivity index (χ4v) is 2.21. The van der Waals surface area contributed by atoms with E-state index in [2.05, 4.69) is 51.0 Å². The summed E-state index contributed by atoms with van der Waals surface area (Å²) in [6.07, 6.45) is 3.03. The fraction of sp³-hybridized carbons (Fsp3) is 0.357. The zero-order chi connectivity index (χ0) is 11.7. The van der Waals surface area contributed by atoms with Crippen molar-refractivity contribution in [2.75, 3.05) is 0 Å². The lowest BCUT2D eigenvalue weighted by Crippen LogP contribution is -2.02. The van der Waals surface area contributed by atoms with Crippen LogP contribution in [0.3, 0.4) is 0 Å². The Morgan fingerprint density at radius 1 is 1.12 bits per heavy atom. The minimum Gasteiger partial charge on any atom is -0.240 e. The molecular formula is C14H18N2. The van der Waals surface area contributed by atoms with Crippen LogP contribution in [0.4, 0.5) is 0 Å². The summed E-state index contributed by atoms with van der Waals surface area (Å²) in [6.45, 7) is 8.54. The van der Waals surface area contributed by atoms with Gasteiger partial charge in [0.05, 0.1) is 11.4 Å². The summed E-state index contributed by atoms with van der Waals surface area (Å²) in [6, 6.07) is 6.49. The minimum absolute atomic E-state index is 0.983. The average Bonchev–Trinajstić information content (AvgIpc) is 2.64. The van der Waals surface area contributed by atoms with E-state index in [0.29, 0.717) is 0 Å². The zero-order valence-corrected chi connectivity index (χ0v) is 10.4. The van der Waals surface area contributed by atoms with Gasteiger partial charge < -0.3 is 0 Å². The molecule has 1 aromatic heterocycles. The van der Waals surface area contributed by atoms with Crippen LogP contribution in [-0.2, 0) is 6.42 Å². The van der Waals surface area contributed by atoms with Gasteiger partial charge in [0.25, 0.3) is 0 Å². The summed E-state index contributed by atoms with van der Waals surface area (Å²) in [5, 5.41) is 4.57. The Kier molecular flexibility index (Phi) is 2.82. The second-order valence-corrected chi connectivity index (χ2v) is 4.35. The van der Waals surface area contributed by atoms with Crippen molar-refractivity contribution in [1.82, 2.24) is 9.78 Å². The van der Waals surface area contributed by atoms with Crippen molar-refractivity contribution in [1.29, 1.82) is 0 Å². The van der Waals surface area contributed by atoms with E-state index in [1.54, 1.807) is 0 Å². The highest BCUT2D eigenvalue weighted by molar-refractivity contribution is 5.48. The Morgan fingerprint density at radius 3 is 2.25 bits per heavy atom. The number of rotatable bonds is 2. The van der Waals surface area contributed by atoms with Crippen molar-refractivity contribution in [2.45, 2.75) is 34.1 Å². The highest BCUT2D eigenvalue weighted by atomic mass is 15.3. The van der Waals surface area contributed by atoms with E-state index in [4.69, 9.17) is 0 Å². The number of aryl methyl sites for hydroxylation is 4. The quantitative estimate of drug-likeness (QED) is 0.749. The Hall–Kier alpha value is -1.57. The monoisotopic (exact) mass is 214 g/mol. The van der Waals surface area contributed by atoms with E-state index in [9.17, 15) is 0 Å². The summed E-state index contributed by atoms with van der Waals surface area (Å²) in [7, 11) is 0. The van der Waals surface area contributed by atoms with E-state index in [-0.39, 0.29) is 0 Å². The van der Waals surface area contributed by atoms with Gasteiger partial charge in [0.2, 0.25) is 0 Å². The van der Waals surface area contributed by atoms with Gasteiger partial charge >= 0.3 is 0 Å². The molecule has 0 bridgehead atoms. The number of benzene rings is 1. The summed E-state index contributed by atoms with van der Waals surface area (Å²) in [5.74, 6) is 0. The van der Waals surface area contributed by atoms with E-state index >= 15 is 0 Å². The third kappa shape index (κ3) is 1.87. The van der Waals surface area contributed by atoms with Gasteiger partial charge in [-0.3, -0.25) is 0 Å². The van der Waals surface area contributed by atoms with Crippen LogP contribution in [-0.4, -0.2) is 9.78 Å². The van der Waals surface area contributed by atoms with E-state index in [0.717, 1.165) is 12.1 Å². The van der Waals surface area contributed by atoms with Crippen LogP contribution in [0.15, 0.2) is 24.4 Å². The van der Waals surface area contributed by atoms with Crippen molar-refractivity contribution in [2.24, 2.45) is 0 Å². The molecule has 2 heteroatoms. The van der Waals surface area contributed by atoms with Gasteiger partial charge in [-0.05, 0) is 44.4 Å². The van der Waals surface area contributed by atoms with E-state index in [1.807, 2.05) is 10.9 Å². The van der Waals surface area contributed by atoms with Crippen LogP contribution in [0.2, 0.25) is 0 Å². The van der Waals surface area contributed by atoms with Crippen LogP contribution in [0, 0.1) is 20.8 Å². The normalized spacial score (nSPS) is 10.8. The molecule has 0 saturated heterocycles. The SMILES string of the molecule is CCc1ccn(-c2c(C)cc(C)cc2C)n1. The molecule has 0 spiro atoms. The maximum atomic E-state index is 4.57. The van der Waals surface area contributed by atoms with E-state index < -0.39 is 0 Å². The van der Waals surface area contributed by atoms with Crippen molar-refractivity contribution < 1.29 is 0 Å². The molecule has 0 unspecified atom stereocenters. The Labute approximate surface area is 96.9 Å². The number of aromatic nitrogens is 2. The van der Waals surface area contributed by atoms with Gasteiger partial charge in [-0.25, -0.2) is 4.68 Å². The summed E-state index contributed by atoms with van der Waals surface area (Å²) in [5.41, 5.74) is 6.22. The molecule has 0 aliphatic heterocycles. The molecule has 84 valence electrons. The lowest BCUT2D eigenvalue weighted by Gasteiger charge is -2.11. The first-order valence-corrected chi connectivity index (χ1v) is 5.74. The van der Waals surface area contributed by atoms with Crippen molar-refractivity contribution >= 4 is 0 Å². The Bertz CT molecular complexity index is 486. The molecule has 1 aromatic carbocycles. The second kappa shape index (κ2) is 4.12. The molecule has 1 heterocycles. The van der Waals surface area contributed by atoms with Crippen molar-refractivity contribution in [3.63, 3.8) is 0 Å². The van der Waals surface area contributed by atoms with Crippen LogP contribution < -0.4 is 0 Å². The molecule has 0 aliphatic rings. The van der Waals surface area contributed by atoms with Gasteiger partial charge in [0.15, 0.2) is 0 Å². The third-order valence-corrected chi connectivity index (χ3v) is 2.87. The highest BCUT2D eigenvalue weighted by Crippen LogP contribution is 2.20. The Balaban J connectivity index is 2.55. The first kappa shape index (κ1) is 10.9. The highest BCUT2D eigenvalue weighted by Gasteiger charge is 2.07. The molecule has 0 N–H and O–H groups in total. The zero-order valence-electron chi connectivity index (χ0n) is 10.4. The van der Waals surface area contributed by atoms with Crippen molar-refractivity contribution in [3.8, 4) is 5.69 Å². The topological polar surface area (TPSA) is 17.8 Å². The molecular weight excluding hydrogens is 196 g/mol. The largest absolute Gasteiger partial charge is 0.240 e. The Morgan fingerprint density at radius 2 is 1.75 bits per heavy atom. The molecule has 2 nitrogen and oxygen atoms in total. The fourth-order valence-electron chi connectivity index (χ4n) is 2.21. The van der Waals surface area contributed by atoms with Crippen molar-refractivity contribution in [3.05, 3.63) is 46.8 Å². The van der Waals surface area contributed by atoms with Crippen LogP contribution in [0.25, 0.3) is 5.69 Å². The maximum absolute atomic E-state index is 4.57. The van der Waals surface area contributed by atoms with Gasteiger partial charge in [0.1, 0.15) is 0 Å². The molecule has 2 rings (SSSR count). The van der Waals surface area contributed by atoms with Crippen LogP contribution in [0.1, 0.15) is 29.3 Å². The van der Waals surface area contributed by atoms with Gasteiger partial charge in [-0.15, -0.1) is 0 Å². The predicted molar refractivity (Wildman–Crippen MR) is 67.2 cm³/mol. The summed E-state index contributed by atoms with van der Waals surface area (Å²) < 4.78 is 1.99. The van der Waals surface area contributed by atoms with Gasteiger partial charge in [0, 0.05) is 6.20 Å². The first-order valence-electron chi connectivity index (χ1n) is 5.74. The maximum Gasteiger partial charge on any atom is 0.0704 e.